The minimum Gasteiger partial charge on any atom is -0.373 e. The van der Waals surface area contributed by atoms with Crippen molar-refractivity contribution in [1.82, 2.24) is 10.3 Å². The SMILES string of the molecule is CCNC(c1cnc(C(F)(F)F)s1)C1(C)CCCO1. The van der Waals surface area contributed by atoms with Crippen LogP contribution in [0.15, 0.2) is 6.20 Å². The molecule has 1 saturated heterocycles. The molecule has 1 aromatic rings. The first-order chi connectivity index (χ1) is 8.87. The van der Waals surface area contributed by atoms with E-state index < -0.39 is 16.8 Å². The number of nitrogens with one attached hydrogen (secondary N) is 1. The van der Waals surface area contributed by atoms with Crippen molar-refractivity contribution >= 4 is 11.3 Å². The Balaban J connectivity index is 2.26. The molecule has 19 heavy (non-hydrogen) atoms. The molecule has 0 radical (unpaired) electrons. The molecule has 1 aliphatic rings. The number of likely N-dealkylation sites (N-methyl/N-ethyl adjacent to an activating group) is 1. The minimum atomic E-state index is -4.38. The fourth-order valence-electron chi connectivity index (χ4n) is 2.40. The van der Waals surface area contributed by atoms with Gasteiger partial charge in [0, 0.05) is 17.7 Å². The lowest BCUT2D eigenvalue weighted by atomic mass is 9.92. The third kappa shape index (κ3) is 3.09. The van der Waals surface area contributed by atoms with Gasteiger partial charge in [-0.2, -0.15) is 13.2 Å². The van der Waals surface area contributed by atoms with Gasteiger partial charge in [0.15, 0.2) is 5.01 Å². The third-order valence-corrected chi connectivity index (χ3v) is 4.43. The molecule has 0 spiro atoms. The standard InChI is InChI=1S/C12H17F3N2OS/c1-3-16-9(11(2)5-4-6-18-11)8-7-17-10(19-8)12(13,14)15/h7,9,16H,3-6H2,1-2H3. The Morgan fingerprint density at radius 2 is 2.32 bits per heavy atom. The van der Waals surface area contributed by atoms with Crippen molar-refractivity contribution in [2.45, 2.75) is 44.5 Å². The summed E-state index contributed by atoms with van der Waals surface area (Å²) < 4.78 is 43.6. The van der Waals surface area contributed by atoms with E-state index in [0.29, 0.717) is 29.4 Å². The summed E-state index contributed by atoms with van der Waals surface area (Å²) in [5, 5.41) is 2.43. The summed E-state index contributed by atoms with van der Waals surface area (Å²) >= 11 is 0.695. The Morgan fingerprint density at radius 3 is 2.79 bits per heavy atom. The van der Waals surface area contributed by atoms with Gasteiger partial charge in [0.2, 0.25) is 0 Å². The normalized spacial score (nSPS) is 25.7. The topological polar surface area (TPSA) is 34.2 Å². The summed E-state index contributed by atoms with van der Waals surface area (Å²) in [7, 11) is 0. The number of rotatable bonds is 4. The average Bonchev–Trinajstić information content (AvgIpc) is 2.94. The van der Waals surface area contributed by atoms with Gasteiger partial charge in [-0.1, -0.05) is 6.92 Å². The van der Waals surface area contributed by atoms with E-state index in [1.165, 1.54) is 6.20 Å². The monoisotopic (exact) mass is 294 g/mol. The van der Waals surface area contributed by atoms with E-state index in [4.69, 9.17) is 4.74 Å². The lowest BCUT2D eigenvalue weighted by molar-refractivity contribution is -0.137. The number of thiazole rings is 1. The molecule has 1 aliphatic heterocycles. The van der Waals surface area contributed by atoms with Crippen molar-refractivity contribution in [2.75, 3.05) is 13.2 Å². The van der Waals surface area contributed by atoms with Crippen LogP contribution in [0.1, 0.15) is 42.6 Å². The molecule has 1 fully saturated rings. The van der Waals surface area contributed by atoms with Crippen LogP contribution in [0.25, 0.3) is 0 Å². The predicted molar refractivity (Wildman–Crippen MR) is 67.1 cm³/mol. The van der Waals surface area contributed by atoms with Gasteiger partial charge >= 0.3 is 6.18 Å². The second kappa shape index (κ2) is 5.38. The number of alkyl halides is 3. The molecule has 2 atom stereocenters. The molecule has 7 heteroatoms. The molecule has 0 bridgehead atoms. The highest BCUT2D eigenvalue weighted by Gasteiger charge is 2.42. The molecule has 1 N–H and O–H groups in total. The van der Waals surface area contributed by atoms with Crippen LogP contribution in [0.3, 0.4) is 0 Å². The second-order valence-corrected chi connectivity index (χ2v) is 5.88. The highest BCUT2D eigenvalue weighted by atomic mass is 32.1. The first-order valence-corrected chi connectivity index (χ1v) is 7.09. The van der Waals surface area contributed by atoms with Crippen LogP contribution >= 0.6 is 11.3 Å². The predicted octanol–water partition coefficient (Wildman–Crippen LogP) is 3.38. The Morgan fingerprint density at radius 1 is 1.58 bits per heavy atom. The van der Waals surface area contributed by atoms with E-state index in [2.05, 4.69) is 10.3 Å². The van der Waals surface area contributed by atoms with Gasteiger partial charge in [-0.3, -0.25) is 0 Å². The average molecular weight is 294 g/mol. The maximum absolute atomic E-state index is 12.6. The van der Waals surface area contributed by atoms with Crippen molar-refractivity contribution in [2.24, 2.45) is 0 Å². The van der Waals surface area contributed by atoms with Crippen molar-refractivity contribution in [3.05, 3.63) is 16.1 Å². The number of hydrogen-bond acceptors (Lipinski definition) is 4. The number of nitrogens with zero attached hydrogens (tertiary/aromatic N) is 1. The summed E-state index contributed by atoms with van der Waals surface area (Å²) in [5.74, 6) is 0. The fourth-order valence-corrected chi connectivity index (χ4v) is 3.40. The number of halogens is 3. The second-order valence-electron chi connectivity index (χ2n) is 4.82. The molecule has 108 valence electrons. The zero-order valence-electron chi connectivity index (χ0n) is 10.9. The third-order valence-electron chi connectivity index (χ3n) is 3.32. The Labute approximate surface area is 114 Å². The maximum Gasteiger partial charge on any atom is 0.443 e. The van der Waals surface area contributed by atoms with Gasteiger partial charge in [-0.25, -0.2) is 4.98 Å². The highest BCUT2D eigenvalue weighted by Crippen LogP contribution is 2.41. The Bertz CT molecular complexity index is 427. The van der Waals surface area contributed by atoms with Crippen LogP contribution in [-0.4, -0.2) is 23.7 Å². The van der Waals surface area contributed by atoms with Gasteiger partial charge in [-0.05, 0) is 26.3 Å². The first-order valence-electron chi connectivity index (χ1n) is 6.27. The summed E-state index contributed by atoms with van der Waals surface area (Å²) in [6, 6.07) is -0.242. The van der Waals surface area contributed by atoms with E-state index in [1.807, 2.05) is 13.8 Å². The number of hydrogen-bond donors (Lipinski definition) is 1. The van der Waals surface area contributed by atoms with E-state index in [1.54, 1.807) is 0 Å². The van der Waals surface area contributed by atoms with Crippen LogP contribution in [-0.2, 0) is 10.9 Å². The number of aromatic nitrogens is 1. The number of ether oxygens (including phenoxy) is 1. The van der Waals surface area contributed by atoms with E-state index in [0.717, 1.165) is 12.8 Å². The van der Waals surface area contributed by atoms with Crippen LogP contribution < -0.4 is 5.32 Å². The van der Waals surface area contributed by atoms with Crippen LogP contribution in [0.4, 0.5) is 13.2 Å². The largest absolute Gasteiger partial charge is 0.443 e. The van der Waals surface area contributed by atoms with E-state index in [-0.39, 0.29) is 6.04 Å². The van der Waals surface area contributed by atoms with Gasteiger partial charge in [0.25, 0.3) is 0 Å². The molecule has 0 saturated carbocycles. The molecule has 0 amide bonds. The molecule has 2 unspecified atom stereocenters. The quantitative estimate of drug-likeness (QED) is 0.924. The highest BCUT2D eigenvalue weighted by molar-refractivity contribution is 7.11. The molecule has 0 aliphatic carbocycles. The van der Waals surface area contributed by atoms with Crippen LogP contribution in [0, 0.1) is 0 Å². The van der Waals surface area contributed by atoms with Crippen LogP contribution in [0.2, 0.25) is 0 Å². The maximum atomic E-state index is 12.6. The van der Waals surface area contributed by atoms with Gasteiger partial charge in [0.1, 0.15) is 0 Å². The van der Waals surface area contributed by atoms with Gasteiger partial charge < -0.3 is 10.1 Å². The fraction of sp³-hybridized carbons (Fsp3) is 0.750. The minimum absolute atomic E-state index is 0.242. The summed E-state index contributed by atoms with van der Waals surface area (Å²) in [5.41, 5.74) is -0.453. The first kappa shape index (κ1) is 14.7. The van der Waals surface area contributed by atoms with Crippen LogP contribution in [0.5, 0.6) is 0 Å². The van der Waals surface area contributed by atoms with Crippen molar-refractivity contribution in [1.29, 1.82) is 0 Å². The summed E-state index contributed by atoms with van der Waals surface area (Å²) in [4.78, 5) is 4.07. The van der Waals surface area contributed by atoms with Crippen molar-refractivity contribution in [3.63, 3.8) is 0 Å². The van der Waals surface area contributed by atoms with E-state index >= 15 is 0 Å². The molecule has 2 heterocycles. The Kier molecular flexibility index (Phi) is 4.17. The van der Waals surface area contributed by atoms with E-state index in [9.17, 15) is 13.2 Å². The lowest BCUT2D eigenvalue weighted by Gasteiger charge is -2.33. The zero-order chi connectivity index (χ0) is 14.1. The smallest absolute Gasteiger partial charge is 0.373 e. The van der Waals surface area contributed by atoms with Gasteiger partial charge in [-0.15, -0.1) is 11.3 Å². The molecular weight excluding hydrogens is 277 g/mol. The molecule has 2 rings (SSSR count). The molecular formula is C12H17F3N2OS. The summed E-state index contributed by atoms with van der Waals surface area (Å²) in [6.45, 7) is 5.20. The van der Waals surface area contributed by atoms with Crippen molar-refractivity contribution in [3.8, 4) is 0 Å². The zero-order valence-corrected chi connectivity index (χ0v) is 11.7. The molecule has 1 aromatic heterocycles. The van der Waals surface area contributed by atoms with Crippen molar-refractivity contribution < 1.29 is 17.9 Å². The molecule has 0 aromatic carbocycles. The van der Waals surface area contributed by atoms with Gasteiger partial charge in [0.05, 0.1) is 11.6 Å². The lowest BCUT2D eigenvalue weighted by Crippen LogP contribution is -2.40. The Hall–Kier alpha value is -0.660. The summed E-state index contributed by atoms with van der Waals surface area (Å²) in [6.07, 6.45) is -1.29. The molecule has 3 nitrogen and oxygen atoms in total.